The molecule has 1 aliphatic heterocycles. The number of alkyl halides is 3. The molecule has 4 heteroatoms. The van der Waals surface area contributed by atoms with E-state index in [2.05, 4.69) is 12.2 Å². The molecule has 1 aliphatic rings. The zero-order valence-electron chi connectivity index (χ0n) is 12.6. The first-order valence-corrected chi connectivity index (χ1v) is 7.86. The number of hydrogen-bond acceptors (Lipinski definition) is 1. The smallest absolute Gasteiger partial charge is 0.311 e. The van der Waals surface area contributed by atoms with Crippen LogP contribution in [0.3, 0.4) is 0 Å². The van der Waals surface area contributed by atoms with Gasteiger partial charge in [-0.2, -0.15) is 13.2 Å². The molecule has 0 bridgehead atoms. The summed E-state index contributed by atoms with van der Waals surface area (Å²) in [6.07, 6.45) is 3.07. The molecule has 1 atom stereocenters. The third-order valence-electron chi connectivity index (χ3n) is 4.36. The van der Waals surface area contributed by atoms with Gasteiger partial charge in [-0.25, -0.2) is 0 Å². The van der Waals surface area contributed by atoms with Crippen molar-refractivity contribution in [3.8, 4) is 0 Å². The van der Waals surface area contributed by atoms with Gasteiger partial charge < -0.3 is 5.32 Å². The third kappa shape index (κ3) is 4.47. The van der Waals surface area contributed by atoms with Crippen molar-refractivity contribution in [3.63, 3.8) is 0 Å². The first-order valence-electron chi connectivity index (χ1n) is 7.86. The Morgan fingerprint density at radius 3 is 2.71 bits per heavy atom. The van der Waals surface area contributed by atoms with Crippen molar-refractivity contribution < 1.29 is 13.2 Å². The maximum absolute atomic E-state index is 12.8. The van der Waals surface area contributed by atoms with Gasteiger partial charge in [0.05, 0.1) is 5.56 Å². The normalized spacial score (nSPS) is 23.8. The summed E-state index contributed by atoms with van der Waals surface area (Å²) in [6.45, 7) is 3.11. The first-order chi connectivity index (χ1) is 9.95. The Balaban J connectivity index is 2.20. The Labute approximate surface area is 124 Å². The second-order valence-electron chi connectivity index (χ2n) is 6.14. The molecule has 1 N–H and O–H groups in total. The molecule has 2 rings (SSSR count). The average Bonchev–Trinajstić information content (AvgIpc) is 2.64. The van der Waals surface area contributed by atoms with Crippen LogP contribution in [0.25, 0.3) is 0 Å². The van der Waals surface area contributed by atoms with Crippen LogP contribution < -0.4 is 5.32 Å². The quantitative estimate of drug-likeness (QED) is 0.829. The summed E-state index contributed by atoms with van der Waals surface area (Å²) in [6, 6.07) is 5.80. The van der Waals surface area contributed by atoms with Gasteiger partial charge in [-0.1, -0.05) is 44.4 Å². The third-order valence-corrected chi connectivity index (χ3v) is 4.36. The van der Waals surface area contributed by atoms with Gasteiger partial charge in [0, 0.05) is 5.54 Å². The molecule has 1 nitrogen and oxygen atoms in total. The molecule has 0 saturated carbocycles. The molecule has 1 fully saturated rings. The highest BCUT2D eigenvalue weighted by Crippen LogP contribution is 2.32. The minimum absolute atomic E-state index is 0.0323. The topological polar surface area (TPSA) is 12.0 Å². The first kappa shape index (κ1) is 16.3. The standard InChI is InChI=1S/C17H24F3N/c1-2-9-16(10-4-3-5-11-21-16)13-14-7-6-8-15(12-14)17(18,19)20/h6-8,12,21H,2-5,9-11,13H2,1H3. The molecular formula is C17H24F3N. The van der Waals surface area contributed by atoms with Crippen LogP contribution in [0.5, 0.6) is 0 Å². The van der Waals surface area contributed by atoms with Crippen LogP contribution in [-0.4, -0.2) is 12.1 Å². The lowest BCUT2D eigenvalue weighted by atomic mass is 9.82. The van der Waals surface area contributed by atoms with Gasteiger partial charge in [-0.05, 0) is 43.9 Å². The van der Waals surface area contributed by atoms with E-state index < -0.39 is 11.7 Å². The highest BCUT2D eigenvalue weighted by Gasteiger charge is 2.33. The van der Waals surface area contributed by atoms with Gasteiger partial charge >= 0.3 is 6.18 Å². The fourth-order valence-corrected chi connectivity index (χ4v) is 3.39. The molecule has 0 aliphatic carbocycles. The van der Waals surface area contributed by atoms with Crippen LogP contribution in [0, 0.1) is 0 Å². The molecule has 0 aromatic heterocycles. The summed E-state index contributed by atoms with van der Waals surface area (Å²) in [7, 11) is 0. The highest BCUT2D eigenvalue weighted by molar-refractivity contribution is 5.27. The Morgan fingerprint density at radius 1 is 1.19 bits per heavy atom. The van der Waals surface area contributed by atoms with Crippen LogP contribution in [-0.2, 0) is 12.6 Å². The molecular weight excluding hydrogens is 275 g/mol. The molecule has 0 spiro atoms. The van der Waals surface area contributed by atoms with Gasteiger partial charge in [0.2, 0.25) is 0 Å². The summed E-state index contributed by atoms with van der Waals surface area (Å²) in [5.74, 6) is 0. The number of hydrogen-bond donors (Lipinski definition) is 1. The second kappa shape index (κ2) is 6.82. The minimum atomic E-state index is -4.26. The van der Waals surface area contributed by atoms with Crippen LogP contribution in [0.4, 0.5) is 13.2 Å². The van der Waals surface area contributed by atoms with Crippen molar-refractivity contribution >= 4 is 0 Å². The van der Waals surface area contributed by atoms with E-state index >= 15 is 0 Å². The van der Waals surface area contributed by atoms with Crippen LogP contribution in [0.2, 0.25) is 0 Å². The summed E-state index contributed by atoms with van der Waals surface area (Å²) in [4.78, 5) is 0. The van der Waals surface area contributed by atoms with E-state index in [1.807, 2.05) is 6.07 Å². The lowest BCUT2D eigenvalue weighted by Gasteiger charge is -2.34. The molecule has 1 aromatic carbocycles. The highest BCUT2D eigenvalue weighted by atomic mass is 19.4. The zero-order chi connectivity index (χ0) is 15.3. The van der Waals surface area contributed by atoms with Crippen molar-refractivity contribution in [3.05, 3.63) is 35.4 Å². The zero-order valence-corrected chi connectivity index (χ0v) is 12.6. The van der Waals surface area contributed by atoms with Crippen molar-refractivity contribution in [2.24, 2.45) is 0 Å². The van der Waals surface area contributed by atoms with Gasteiger partial charge in [0.15, 0.2) is 0 Å². The molecule has 1 unspecified atom stereocenters. The van der Waals surface area contributed by atoms with Crippen LogP contribution in [0.1, 0.15) is 56.6 Å². The molecule has 1 saturated heterocycles. The molecule has 0 amide bonds. The summed E-state index contributed by atoms with van der Waals surface area (Å²) in [5.41, 5.74) is 0.211. The van der Waals surface area contributed by atoms with E-state index in [0.29, 0.717) is 6.42 Å². The average molecular weight is 299 g/mol. The van der Waals surface area contributed by atoms with E-state index in [9.17, 15) is 13.2 Å². The predicted molar refractivity (Wildman–Crippen MR) is 79.3 cm³/mol. The van der Waals surface area contributed by atoms with Crippen molar-refractivity contribution in [1.82, 2.24) is 5.32 Å². The minimum Gasteiger partial charge on any atom is -0.311 e. The van der Waals surface area contributed by atoms with Gasteiger partial charge in [-0.3, -0.25) is 0 Å². The maximum Gasteiger partial charge on any atom is 0.416 e. The maximum atomic E-state index is 12.8. The summed E-state index contributed by atoms with van der Waals surface area (Å²) < 4.78 is 38.5. The Morgan fingerprint density at radius 2 is 2.00 bits per heavy atom. The number of halogens is 3. The molecule has 1 heterocycles. The van der Waals surface area contributed by atoms with E-state index in [4.69, 9.17) is 0 Å². The predicted octanol–water partition coefficient (Wildman–Crippen LogP) is 4.95. The molecule has 0 radical (unpaired) electrons. The van der Waals surface area contributed by atoms with Gasteiger partial charge in [0.25, 0.3) is 0 Å². The fraction of sp³-hybridized carbons (Fsp3) is 0.647. The SMILES string of the molecule is CCCC1(Cc2cccc(C(F)(F)F)c2)CCCCCN1. The van der Waals surface area contributed by atoms with Crippen molar-refractivity contribution in [2.75, 3.05) is 6.54 Å². The monoisotopic (exact) mass is 299 g/mol. The van der Waals surface area contributed by atoms with Gasteiger partial charge in [-0.15, -0.1) is 0 Å². The largest absolute Gasteiger partial charge is 0.416 e. The molecule has 118 valence electrons. The lowest BCUT2D eigenvalue weighted by Crippen LogP contribution is -2.46. The second-order valence-corrected chi connectivity index (χ2v) is 6.14. The van der Waals surface area contributed by atoms with E-state index in [-0.39, 0.29) is 5.54 Å². The Hall–Kier alpha value is -1.03. The van der Waals surface area contributed by atoms with E-state index in [1.165, 1.54) is 18.6 Å². The summed E-state index contributed by atoms with van der Waals surface area (Å²) in [5, 5.41) is 3.62. The van der Waals surface area contributed by atoms with E-state index in [0.717, 1.165) is 50.3 Å². The van der Waals surface area contributed by atoms with Crippen molar-refractivity contribution in [2.45, 2.75) is 63.6 Å². The Bertz CT molecular complexity index is 446. The Kier molecular flexibility index (Phi) is 5.31. The van der Waals surface area contributed by atoms with E-state index in [1.54, 1.807) is 0 Å². The van der Waals surface area contributed by atoms with Gasteiger partial charge in [0.1, 0.15) is 0 Å². The lowest BCUT2D eigenvalue weighted by molar-refractivity contribution is -0.137. The van der Waals surface area contributed by atoms with Crippen LogP contribution >= 0.6 is 0 Å². The van der Waals surface area contributed by atoms with Crippen LogP contribution in [0.15, 0.2) is 24.3 Å². The number of nitrogens with one attached hydrogen (secondary N) is 1. The molecule has 1 aromatic rings. The number of rotatable bonds is 4. The van der Waals surface area contributed by atoms with Crippen molar-refractivity contribution in [1.29, 1.82) is 0 Å². The fourth-order valence-electron chi connectivity index (χ4n) is 3.39. The number of benzene rings is 1. The summed E-state index contributed by atoms with van der Waals surface area (Å²) >= 11 is 0. The molecule has 21 heavy (non-hydrogen) atoms.